The third-order valence-corrected chi connectivity index (χ3v) is 3.71. The zero-order valence-corrected chi connectivity index (χ0v) is 12.0. The lowest BCUT2D eigenvalue weighted by Crippen LogP contribution is -2.15. The van der Waals surface area contributed by atoms with Crippen molar-refractivity contribution in [3.63, 3.8) is 0 Å². The van der Waals surface area contributed by atoms with Crippen LogP contribution in [-0.4, -0.2) is 25.6 Å². The summed E-state index contributed by atoms with van der Waals surface area (Å²) in [6.45, 7) is 0. The third kappa shape index (κ3) is 4.09. The number of hydrogen-bond acceptors (Lipinski definition) is 4. The number of carbonyl (C=O) groups excluding carboxylic acids is 1. The van der Waals surface area contributed by atoms with Crippen molar-refractivity contribution in [1.29, 1.82) is 0 Å². The normalized spacial score (nSPS) is 11.1. The van der Waals surface area contributed by atoms with Gasteiger partial charge in [0.2, 0.25) is 5.91 Å². The van der Waals surface area contributed by atoms with Gasteiger partial charge in [-0.25, -0.2) is 17.8 Å². The molecule has 0 unspecified atom stereocenters. The number of benzene rings is 1. The van der Waals surface area contributed by atoms with Gasteiger partial charge in [-0.3, -0.25) is 4.79 Å². The lowest BCUT2D eigenvalue weighted by atomic mass is 10.1. The second-order valence-corrected chi connectivity index (χ2v) is 6.44. The maximum Gasteiger partial charge on any atom is 0.228 e. The van der Waals surface area contributed by atoms with Gasteiger partial charge < -0.3 is 5.32 Å². The maximum absolute atomic E-state index is 13.4. The highest BCUT2D eigenvalue weighted by molar-refractivity contribution is 7.90. The van der Waals surface area contributed by atoms with Crippen molar-refractivity contribution >= 4 is 21.4 Å². The molecule has 0 fully saturated rings. The average molecular weight is 308 g/mol. The molecule has 1 amide bonds. The number of pyridine rings is 1. The van der Waals surface area contributed by atoms with Crippen LogP contribution >= 0.6 is 0 Å². The van der Waals surface area contributed by atoms with Crippen LogP contribution in [-0.2, 0) is 21.1 Å². The summed E-state index contributed by atoms with van der Waals surface area (Å²) in [7, 11) is -3.38. The van der Waals surface area contributed by atoms with E-state index < -0.39 is 21.6 Å². The van der Waals surface area contributed by atoms with Crippen molar-refractivity contribution in [1.82, 2.24) is 4.98 Å². The zero-order valence-electron chi connectivity index (χ0n) is 11.2. The van der Waals surface area contributed by atoms with Gasteiger partial charge in [0.1, 0.15) is 5.82 Å². The summed E-state index contributed by atoms with van der Waals surface area (Å²) >= 11 is 0. The van der Waals surface area contributed by atoms with Gasteiger partial charge in [0.25, 0.3) is 0 Å². The minimum absolute atomic E-state index is 0.0744. The van der Waals surface area contributed by atoms with Gasteiger partial charge in [0, 0.05) is 6.26 Å². The van der Waals surface area contributed by atoms with Gasteiger partial charge in [-0.1, -0.05) is 18.2 Å². The summed E-state index contributed by atoms with van der Waals surface area (Å²) in [5, 5.41) is 2.46. The fourth-order valence-electron chi connectivity index (χ4n) is 1.69. The average Bonchev–Trinajstić information content (AvgIpc) is 2.41. The Kier molecular flexibility index (Phi) is 4.32. The fraction of sp³-hybridized carbons (Fsp3) is 0.143. The highest BCUT2D eigenvalue weighted by Crippen LogP contribution is 2.12. The molecule has 0 saturated carbocycles. The quantitative estimate of drug-likeness (QED) is 0.934. The molecule has 1 aromatic heterocycles. The van der Waals surface area contributed by atoms with Gasteiger partial charge in [-0.15, -0.1) is 0 Å². The molecule has 1 N–H and O–H groups in total. The van der Waals surface area contributed by atoms with Crippen LogP contribution in [0.4, 0.5) is 10.1 Å². The van der Waals surface area contributed by atoms with Crippen LogP contribution in [0.25, 0.3) is 0 Å². The number of nitrogens with one attached hydrogen (secondary N) is 1. The molecule has 0 aliphatic carbocycles. The van der Waals surface area contributed by atoms with Crippen LogP contribution in [0.5, 0.6) is 0 Å². The predicted octanol–water partition coefficient (Wildman–Crippen LogP) is 1.81. The van der Waals surface area contributed by atoms with Crippen LogP contribution in [0.15, 0.2) is 47.6 Å². The highest BCUT2D eigenvalue weighted by atomic mass is 32.2. The predicted molar refractivity (Wildman–Crippen MR) is 76.1 cm³/mol. The summed E-state index contributed by atoms with van der Waals surface area (Å²) < 4.78 is 35.9. The van der Waals surface area contributed by atoms with Crippen LogP contribution in [0.2, 0.25) is 0 Å². The molecule has 21 heavy (non-hydrogen) atoms. The van der Waals surface area contributed by atoms with E-state index in [2.05, 4.69) is 10.3 Å². The van der Waals surface area contributed by atoms with E-state index in [1.165, 1.54) is 30.5 Å². The summed E-state index contributed by atoms with van der Waals surface area (Å²) in [6.07, 6.45) is 2.18. The van der Waals surface area contributed by atoms with Crippen molar-refractivity contribution in [2.45, 2.75) is 11.4 Å². The Morgan fingerprint density at radius 3 is 2.52 bits per heavy atom. The number of aromatic nitrogens is 1. The third-order valence-electron chi connectivity index (χ3n) is 2.71. The lowest BCUT2D eigenvalue weighted by Gasteiger charge is -2.06. The SMILES string of the molecule is CS(=O)(=O)c1ccc(NC(=O)Cc2ccccc2F)cn1. The summed E-state index contributed by atoms with van der Waals surface area (Å²) in [5.74, 6) is -0.854. The first-order valence-electron chi connectivity index (χ1n) is 6.05. The van der Waals surface area contributed by atoms with Crippen molar-refractivity contribution in [3.05, 3.63) is 54.0 Å². The molecular formula is C14H13FN2O3S. The van der Waals surface area contributed by atoms with Gasteiger partial charge in [-0.2, -0.15) is 0 Å². The van der Waals surface area contributed by atoms with Gasteiger partial charge in [-0.05, 0) is 23.8 Å². The van der Waals surface area contributed by atoms with E-state index in [0.29, 0.717) is 5.69 Å². The van der Waals surface area contributed by atoms with Crippen molar-refractivity contribution < 1.29 is 17.6 Å². The summed E-state index contributed by atoms with van der Waals surface area (Å²) in [5.41, 5.74) is 0.638. The first-order chi connectivity index (χ1) is 9.86. The fourth-order valence-corrected chi connectivity index (χ4v) is 2.25. The second-order valence-electron chi connectivity index (χ2n) is 4.47. The number of nitrogens with zero attached hydrogens (tertiary/aromatic N) is 1. The zero-order chi connectivity index (χ0) is 15.5. The number of carbonyl (C=O) groups is 1. The molecule has 1 aromatic carbocycles. The second kappa shape index (κ2) is 6.01. The maximum atomic E-state index is 13.4. The van der Waals surface area contributed by atoms with E-state index in [1.54, 1.807) is 12.1 Å². The van der Waals surface area contributed by atoms with E-state index in [0.717, 1.165) is 6.26 Å². The Labute approximate surface area is 121 Å². The standard InChI is InChI=1S/C14H13FN2O3S/c1-21(19,20)14-7-6-11(9-16-14)17-13(18)8-10-4-2-3-5-12(10)15/h2-7,9H,8H2,1H3,(H,17,18). The highest BCUT2D eigenvalue weighted by Gasteiger charge is 2.10. The molecule has 0 radical (unpaired) electrons. The molecule has 0 aliphatic heterocycles. The molecule has 1 heterocycles. The molecule has 0 saturated heterocycles. The first-order valence-corrected chi connectivity index (χ1v) is 7.95. The lowest BCUT2D eigenvalue weighted by molar-refractivity contribution is -0.115. The minimum Gasteiger partial charge on any atom is -0.324 e. The Balaban J connectivity index is 2.05. The molecule has 0 bridgehead atoms. The largest absolute Gasteiger partial charge is 0.324 e. The number of amides is 1. The van der Waals surface area contributed by atoms with Gasteiger partial charge in [0.05, 0.1) is 18.3 Å². The molecule has 0 spiro atoms. The number of rotatable bonds is 4. The molecule has 0 aliphatic rings. The van der Waals surface area contributed by atoms with E-state index in [-0.39, 0.29) is 17.0 Å². The Morgan fingerprint density at radius 2 is 1.95 bits per heavy atom. The van der Waals surface area contributed by atoms with E-state index in [4.69, 9.17) is 0 Å². The molecule has 5 nitrogen and oxygen atoms in total. The van der Waals surface area contributed by atoms with Crippen molar-refractivity contribution in [2.24, 2.45) is 0 Å². The van der Waals surface area contributed by atoms with E-state index in [1.807, 2.05) is 0 Å². The topological polar surface area (TPSA) is 76.1 Å². The van der Waals surface area contributed by atoms with Crippen LogP contribution in [0, 0.1) is 5.82 Å². The summed E-state index contributed by atoms with van der Waals surface area (Å²) in [6, 6.07) is 8.74. The summed E-state index contributed by atoms with van der Waals surface area (Å²) in [4.78, 5) is 15.5. The Bertz CT molecular complexity index is 758. The molecule has 0 atom stereocenters. The molecule has 110 valence electrons. The van der Waals surface area contributed by atoms with Crippen LogP contribution in [0.1, 0.15) is 5.56 Å². The number of anilines is 1. The smallest absolute Gasteiger partial charge is 0.228 e. The Morgan fingerprint density at radius 1 is 1.24 bits per heavy atom. The first kappa shape index (κ1) is 15.1. The number of hydrogen-bond donors (Lipinski definition) is 1. The van der Waals surface area contributed by atoms with Crippen molar-refractivity contribution in [2.75, 3.05) is 11.6 Å². The number of sulfone groups is 1. The van der Waals surface area contributed by atoms with E-state index >= 15 is 0 Å². The molecular weight excluding hydrogens is 295 g/mol. The monoisotopic (exact) mass is 308 g/mol. The van der Waals surface area contributed by atoms with Crippen molar-refractivity contribution in [3.8, 4) is 0 Å². The van der Waals surface area contributed by atoms with Gasteiger partial charge in [0.15, 0.2) is 14.9 Å². The minimum atomic E-state index is -3.38. The number of halogens is 1. The van der Waals surface area contributed by atoms with Crippen LogP contribution < -0.4 is 5.32 Å². The Hall–Kier alpha value is -2.28. The van der Waals surface area contributed by atoms with E-state index in [9.17, 15) is 17.6 Å². The molecule has 2 aromatic rings. The van der Waals surface area contributed by atoms with Gasteiger partial charge >= 0.3 is 0 Å². The van der Waals surface area contributed by atoms with Crippen LogP contribution in [0.3, 0.4) is 0 Å². The molecule has 2 rings (SSSR count). The molecule has 7 heteroatoms.